The summed E-state index contributed by atoms with van der Waals surface area (Å²) in [6, 6.07) is 15.7. The van der Waals surface area contributed by atoms with Crippen molar-refractivity contribution in [1.82, 2.24) is 10.2 Å². The lowest BCUT2D eigenvalue weighted by molar-refractivity contribution is -0.118. The zero-order valence-corrected chi connectivity index (χ0v) is 20.2. The molecule has 5 heteroatoms. The fourth-order valence-corrected chi connectivity index (χ4v) is 3.52. The van der Waals surface area contributed by atoms with Crippen LogP contribution in [0.4, 0.5) is 5.69 Å². The van der Waals surface area contributed by atoms with Gasteiger partial charge in [0.25, 0.3) is 5.91 Å². The maximum absolute atomic E-state index is 12.2. The van der Waals surface area contributed by atoms with Crippen molar-refractivity contribution in [2.45, 2.75) is 59.4 Å². The van der Waals surface area contributed by atoms with E-state index in [1.807, 2.05) is 49.4 Å². The molecule has 32 heavy (non-hydrogen) atoms. The van der Waals surface area contributed by atoms with Crippen LogP contribution < -0.4 is 15.4 Å². The number of rotatable bonds is 16. The molecule has 0 aromatic heterocycles. The van der Waals surface area contributed by atoms with Crippen LogP contribution in [0.3, 0.4) is 0 Å². The Morgan fingerprint density at radius 2 is 1.56 bits per heavy atom. The Labute approximate surface area is 194 Å². The third kappa shape index (κ3) is 10.3. The van der Waals surface area contributed by atoms with Crippen LogP contribution in [0.2, 0.25) is 0 Å². The summed E-state index contributed by atoms with van der Waals surface area (Å²) in [5.41, 5.74) is 3.02. The second-order valence-corrected chi connectivity index (χ2v) is 8.39. The molecule has 2 rings (SSSR count). The molecular weight excluding hydrogens is 398 g/mol. The number of hydrogen-bond donors (Lipinski definition) is 2. The van der Waals surface area contributed by atoms with Gasteiger partial charge in [0.05, 0.1) is 0 Å². The van der Waals surface area contributed by atoms with Crippen molar-refractivity contribution in [3.63, 3.8) is 0 Å². The van der Waals surface area contributed by atoms with Gasteiger partial charge in [-0.3, -0.25) is 4.79 Å². The van der Waals surface area contributed by atoms with Crippen LogP contribution >= 0.6 is 0 Å². The van der Waals surface area contributed by atoms with E-state index in [0.717, 1.165) is 48.6 Å². The number of carbonyl (C=O) groups excluding carboxylic acids is 1. The van der Waals surface area contributed by atoms with Crippen LogP contribution in [0.1, 0.15) is 57.1 Å². The minimum absolute atomic E-state index is 0.00525. The Balaban J connectivity index is 1.73. The first kappa shape index (κ1) is 25.9. The van der Waals surface area contributed by atoms with Gasteiger partial charge in [0.2, 0.25) is 0 Å². The molecule has 0 unspecified atom stereocenters. The maximum Gasteiger partial charge on any atom is 0.262 e. The van der Waals surface area contributed by atoms with Gasteiger partial charge >= 0.3 is 0 Å². The van der Waals surface area contributed by atoms with Gasteiger partial charge in [0, 0.05) is 17.8 Å². The average Bonchev–Trinajstić information content (AvgIpc) is 2.81. The molecule has 0 saturated heterocycles. The van der Waals surface area contributed by atoms with Gasteiger partial charge in [-0.25, -0.2) is 0 Å². The van der Waals surface area contributed by atoms with Crippen molar-refractivity contribution < 1.29 is 9.53 Å². The van der Waals surface area contributed by atoms with E-state index in [-0.39, 0.29) is 12.5 Å². The third-order valence-corrected chi connectivity index (χ3v) is 5.47. The first-order chi connectivity index (χ1) is 15.6. The second kappa shape index (κ2) is 15.4. The topological polar surface area (TPSA) is 53.6 Å². The van der Waals surface area contributed by atoms with E-state index < -0.39 is 0 Å². The first-order valence-electron chi connectivity index (χ1n) is 12.1. The SMILES string of the molecule is CCCCN(CCCC)CCCNCc1ccccc1OCC(=O)Nc1ccc(C)cc1. The summed E-state index contributed by atoms with van der Waals surface area (Å²) < 4.78 is 5.82. The minimum atomic E-state index is -0.157. The fraction of sp³-hybridized carbons (Fsp3) is 0.519. The van der Waals surface area contributed by atoms with Gasteiger partial charge < -0.3 is 20.3 Å². The molecule has 0 aliphatic carbocycles. The van der Waals surface area contributed by atoms with Crippen LogP contribution in [-0.4, -0.2) is 43.6 Å². The molecule has 0 saturated carbocycles. The van der Waals surface area contributed by atoms with Crippen molar-refractivity contribution in [3.05, 3.63) is 59.7 Å². The maximum atomic E-state index is 12.2. The van der Waals surface area contributed by atoms with E-state index in [0.29, 0.717) is 0 Å². The Bertz CT molecular complexity index is 769. The van der Waals surface area contributed by atoms with Crippen molar-refractivity contribution in [1.29, 1.82) is 0 Å². The number of nitrogens with zero attached hydrogens (tertiary/aromatic N) is 1. The standard InChI is InChI=1S/C27H41N3O2/c1-4-6-18-30(19-7-5-2)20-10-17-28-21-24-11-8-9-12-26(24)32-22-27(31)29-25-15-13-23(3)14-16-25/h8-9,11-16,28H,4-7,10,17-22H2,1-3H3,(H,29,31). The molecule has 0 bridgehead atoms. The molecule has 0 aliphatic rings. The number of ether oxygens (including phenoxy) is 1. The molecule has 0 radical (unpaired) electrons. The molecule has 1 amide bonds. The lowest BCUT2D eigenvalue weighted by Gasteiger charge is -2.22. The molecule has 0 spiro atoms. The van der Waals surface area contributed by atoms with Gasteiger partial charge in [-0.15, -0.1) is 0 Å². The highest BCUT2D eigenvalue weighted by Crippen LogP contribution is 2.18. The zero-order valence-electron chi connectivity index (χ0n) is 20.2. The van der Waals surface area contributed by atoms with Crippen LogP contribution in [0, 0.1) is 6.92 Å². The average molecular weight is 440 g/mol. The number of carbonyl (C=O) groups is 1. The largest absolute Gasteiger partial charge is 0.483 e. The van der Waals surface area contributed by atoms with E-state index >= 15 is 0 Å². The van der Waals surface area contributed by atoms with Gasteiger partial charge in [0.15, 0.2) is 6.61 Å². The first-order valence-corrected chi connectivity index (χ1v) is 12.1. The second-order valence-electron chi connectivity index (χ2n) is 8.39. The molecule has 2 aromatic carbocycles. The van der Waals surface area contributed by atoms with E-state index in [1.165, 1.54) is 38.8 Å². The number of amides is 1. The number of benzene rings is 2. The van der Waals surface area contributed by atoms with Crippen molar-refractivity contribution in [2.75, 3.05) is 38.1 Å². The van der Waals surface area contributed by atoms with Gasteiger partial charge in [-0.1, -0.05) is 62.6 Å². The van der Waals surface area contributed by atoms with E-state index in [2.05, 4.69) is 35.4 Å². The van der Waals surface area contributed by atoms with E-state index in [1.54, 1.807) is 0 Å². The third-order valence-electron chi connectivity index (χ3n) is 5.47. The zero-order chi connectivity index (χ0) is 23.0. The predicted octanol–water partition coefficient (Wildman–Crippen LogP) is 5.39. The summed E-state index contributed by atoms with van der Waals surface area (Å²) in [6.45, 7) is 11.8. The summed E-state index contributed by atoms with van der Waals surface area (Å²) in [4.78, 5) is 14.8. The highest BCUT2D eigenvalue weighted by Gasteiger charge is 2.08. The van der Waals surface area contributed by atoms with Crippen LogP contribution in [0.25, 0.3) is 0 Å². The minimum Gasteiger partial charge on any atom is -0.483 e. The lowest BCUT2D eigenvalue weighted by Crippen LogP contribution is -2.29. The van der Waals surface area contributed by atoms with E-state index in [4.69, 9.17) is 4.74 Å². The Hall–Kier alpha value is -2.37. The predicted molar refractivity (Wildman–Crippen MR) is 134 cm³/mol. The molecule has 0 atom stereocenters. The Morgan fingerprint density at radius 3 is 2.25 bits per heavy atom. The van der Waals surface area contributed by atoms with Crippen LogP contribution in [0.15, 0.2) is 48.5 Å². The molecule has 2 N–H and O–H groups in total. The molecule has 0 fully saturated rings. The van der Waals surface area contributed by atoms with Crippen molar-refractivity contribution in [2.24, 2.45) is 0 Å². The fourth-order valence-electron chi connectivity index (χ4n) is 3.52. The van der Waals surface area contributed by atoms with Crippen LogP contribution in [0.5, 0.6) is 5.75 Å². The molecule has 5 nitrogen and oxygen atoms in total. The van der Waals surface area contributed by atoms with Gasteiger partial charge in [-0.2, -0.15) is 0 Å². The Kier molecular flexibility index (Phi) is 12.5. The number of nitrogens with one attached hydrogen (secondary N) is 2. The number of para-hydroxylation sites is 1. The Morgan fingerprint density at radius 1 is 0.906 bits per heavy atom. The molecule has 0 aliphatic heterocycles. The van der Waals surface area contributed by atoms with E-state index in [9.17, 15) is 4.79 Å². The smallest absolute Gasteiger partial charge is 0.262 e. The van der Waals surface area contributed by atoms with Gasteiger partial charge in [0.1, 0.15) is 5.75 Å². The monoisotopic (exact) mass is 439 g/mol. The number of unbranched alkanes of at least 4 members (excludes halogenated alkanes) is 2. The number of hydrogen-bond acceptors (Lipinski definition) is 4. The van der Waals surface area contributed by atoms with Crippen molar-refractivity contribution in [3.8, 4) is 5.75 Å². The number of anilines is 1. The summed E-state index contributed by atoms with van der Waals surface area (Å²) in [5, 5.41) is 6.41. The van der Waals surface area contributed by atoms with Crippen LogP contribution in [-0.2, 0) is 11.3 Å². The summed E-state index contributed by atoms with van der Waals surface area (Å²) in [5.74, 6) is 0.599. The highest BCUT2D eigenvalue weighted by atomic mass is 16.5. The quantitative estimate of drug-likeness (QED) is 0.344. The molecular formula is C27H41N3O2. The summed E-state index contributed by atoms with van der Waals surface area (Å²) in [7, 11) is 0. The highest BCUT2D eigenvalue weighted by molar-refractivity contribution is 5.91. The summed E-state index contributed by atoms with van der Waals surface area (Å²) >= 11 is 0. The number of aryl methyl sites for hydroxylation is 1. The van der Waals surface area contributed by atoms with Crippen molar-refractivity contribution >= 4 is 11.6 Å². The molecule has 0 heterocycles. The summed E-state index contributed by atoms with van der Waals surface area (Å²) in [6.07, 6.45) is 6.19. The normalized spacial score (nSPS) is 11.0. The molecule has 176 valence electrons. The molecule has 2 aromatic rings. The lowest BCUT2D eigenvalue weighted by atomic mass is 10.2. The van der Waals surface area contributed by atoms with Gasteiger partial charge in [-0.05, 0) is 70.6 Å².